The number of para-hydroxylation sites is 1. The summed E-state index contributed by atoms with van der Waals surface area (Å²) in [4.78, 5) is 14.4. The Hall–Kier alpha value is -2.33. The van der Waals surface area contributed by atoms with Crippen LogP contribution in [-0.2, 0) is 4.79 Å². The molecule has 0 saturated carbocycles. The highest BCUT2D eigenvalue weighted by Gasteiger charge is 2.39. The Morgan fingerprint density at radius 3 is 2.38 bits per heavy atom. The van der Waals surface area contributed by atoms with Crippen LogP contribution in [-0.4, -0.2) is 34.6 Å². The van der Waals surface area contributed by atoms with Crippen LogP contribution in [0.25, 0.3) is 0 Å². The van der Waals surface area contributed by atoms with Gasteiger partial charge in [0.25, 0.3) is 0 Å². The Morgan fingerprint density at radius 1 is 1.12 bits per heavy atom. The zero-order chi connectivity index (χ0) is 16.9. The molecule has 0 unspecified atom stereocenters. The molecular weight excluding hydrogens is 300 g/mol. The summed E-state index contributed by atoms with van der Waals surface area (Å²) in [6.45, 7) is 2.03. The van der Waals surface area contributed by atoms with Gasteiger partial charge in [0.1, 0.15) is 0 Å². The number of likely N-dealkylation sites (tertiary alicyclic amines) is 1. The molecule has 0 bridgehead atoms. The average molecular weight is 324 g/mol. The number of aliphatic hydroxyl groups excluding tert-OH is 1. The molecule has 4 heteroatoms. The number of carbonyl (C=O) groups excluding carboxylic acids is 1. The first-order valence-corrected chi connectivity index (χ1v) is 8.49. The highest BCUT2D eigenvalue weighted by atomic mass is 16.3. The van der Waals surface area contributed by atoms with E-state index in [1.54, 1.807) is 0 Å². The van der Waals surface area contributed by atoms with Crippen LogP contribution >= 0.6 is 0 Å². The van der Waals surface area contributed by atoms with Gasteiger partial charge in [-0.1, -0.05) is 48.5 Å². The third kappa shape index (κ3) is 3.44. The van der Waals surface area contributed by atoms with E-state index in [4.69, 9.17) is 0 Å². The van der Waals surface area contributed by atoms with E-state index in [2.05, 4.69) is 12.2 Å². The van der Waals surface area contributed by atoms with E-state index in [-0.39, 0.29) is 30.6 Å². The maximum absolute atomic E-state index is 12.5. The van der Waals surface area contributed by atoms with Gasteiger partial charge in [-0.25, -0.2) is 0 Å². The van der Waals surface area contributed by atoms with Gasteiger partial charge < -0.3 is 15.3 Å². The van der Waals surface area contributed by atoms with Crippen molar-refractivity contribution >= 4 is 11.6 Å². The van der Waals surface area contributed by atoms with Crippen molar-refractivity contribution in [2.75, 3.05) is 11.9 Å². The monoisotopic (exact) mass is 324 g/mol. The molecule has 1 aliphatic heterocycles. The number of anilines is 1. The zero-order valence-corrected chi connectivity index (χ0v) is 13.9. The van der Waals surface area contributed by atoms with Crippen LogP contribution in [0.15, 0.2) is 60.7 Å². The molecule has 3 atom stereocenters. The molecule has 3 rings (SSSR count). The Morgan fingerprint density at radius 2 is 1.75 bits per heavy atom. The van der Waals surface area contributed by atoms with Gasteiger partial charge in [-0.05, 0) is 31.0 Å². The Balaban J connectivity index is 1.80. The van der Waals surface area contributed by atoms with Crippen molar-refractivity contribution in [1.29, 1.82) is 0 Å². The summed E-state index contributed by atoms with van der Waals surface area (Å²) in [5.74, 6) is 0.115. The van der Waals surface area contributed by atoms with Crippen molar-refractivity contribution in [2.45, 2.75) is 37.9 Å². The fourth-order valence-corrected chi connectivity index (χ4v) is 3.54. The summed E-state index contributed by atoms with van der Waals surface area (Å²) in [6, 6.07) is 19.7. The number of amides is 1. The summed E-state index contributed by atoms with van der Waals surface area (Å²) in [5, 5.41) is 13.4. The number of hydrogen-bond acceptors (Lipinski definition) is 3. The second kappa shape index (κ2) is 7.49. The number of rotatable bonds is 6. The van der Waals surface area contributed by atoms with Gasteiger partial charge in [-0.3, -0.25) is 4.79 Å². The lowest BCUT2D eigenvalue weighted by molar-refractivity contribution is -0.132. The van der Waals surface area contributed by atoms with Crippen LogP contribution in [0.2, 0.25) is 0 Å². The smallest absolute Gasteiger partial charge is 0.223 e. The number of nitrogens with one attached hydrogen (secondary N) is 1. The Kier molecular flexibility index (Phi) is 5.16. The highest BCUT2D eigenvalue weighted by molar-refractivity contribution is 5.79. The zero-order valence-electron chi connectivity index (χ0n) is 13.9. The van der Waals surface area contributed by atoms with E-state index in [9.17, 15) is 9.90 Å². The van der Waals surface area contributed by atoms with Crippen molar-refractivity contribution in [3.63, 3.8) is 0 Å². The first-order chi connectivity index (χ1) is 11.7. The molecule has 2 N–H and O–H groups in total. The summed E-state index contributed by atoms with van der Waals surface area (Å²) in [7, 11) is 0. The molecule has 1 heterocycles. The predicted octanol–water partition coefficient (Wildman–Crippen LogP) is 3.21. The molecule has 1 fully saturated rings. The minimum absolute atomic E-state index is 0.0649. The minimum atomic E-state index is -0.286. The minimum Gasteiger partial charge on any atom is -0.394 e. The molecule has 2 aromatic rings. The van der Waals surface area contributed by atoms with Crippen LogP contribution in [0.1, 0.15) is 31.4 Å². The van der Waals surface area contributed by atoms with E-state index in [0.717, 1.165) is 17.7 Å². The van der Waals surface area contributed by atoms with Crippen molar-refractivity contribution in [1.82, 2.24) is 4.90 Å². The third-order valence-electron chi connectivity index (χ3n) is 4.74. The van der Waals surface area contributed by atoms with Crippen LogP contribution in [0.5, 0.6) is 0 Å². The largest absolute Gasteiger partial charge is 0.394 e. The Bertz CT molecular complexity index is 660. The molecule has 0 radical (unpaired) electrons. The van der Waals surface area contributed by atoms with Crippen molar-refractivity contribution in [3.8, 4) is 0 Å². The van der Waals surface area contributed by atoms with Crippen molar-refractivity contribution in [3.05, 3.63) is 66.2 Å². The quantitative estimate of drug-likeness (QED) is 0.858. The number of nitrogens with zero attached hydrogens (tertiary/aromatic N) is 1. The van der Waals surface area contributed by atoms with Gasteiger partial charge in [0.15, 0.2) is 0 Å². The molecule has 0 aliphatic carbocycles. The predicted molar refractivity (Wildman–Crippen MR) is 95.7 cm³/mol. The number of benzene rings is 2. The molecule has 24 heavy (non-hydrogen) atoms. The molecule has 0 aromatic heterocycles. The highest BCUT2D eigenvalue weighted by Crippen LogP contribution is 2.32. The number of hydrogen-bond donors (Lipinski definition) is 2. The molecule has 1 aliphatic rings. The van der Waals surface area contributed by atoms with Crippen molar-refractivity contribution < 1.29 is 9.90 Å². The van der Waals surface area contributed by atoms with Gasteiger partial charge in [0.2, 0.25) is 5.91 Å². The molecule has 1 amide bonds. The fraction of sp³-hybridized carbons (Fsp3) is 0.350. The SMILES string of the molecule is C[C@H](Nc1ccccc1)[C@H]1CCC(=O)N1[C@@H](CO)c1ccccc1. The summed E-state index contributed by atoms with van der Waals surface area (Å²) >= 11 is 0. The lowest BCUT2D eigenvalue weighted by atomic mass is 10.0. The molecule has 126 valence electrons. The van der Waals surface area contributed by atoms with Gasteiger partial charge in [-0.2, -0.15) is 0 Å². The topological polar surface area (TPSA) is 52.6 Å². The average Bonchev–Trinajstić information content (AvgIpc) is 2.99. The van der Waals surface area contributed by atoms with Crippen LogP contribution in [0, 0.1) is 0 Å². The summed E-state index contributed by atoms with van der Waals surface area (Å²) < 4.78 is 0. The second-order valence-corrected chi connectivity index (χ2v) is 6.32. The van der Waals surface area contributed by atoms with Crippen LogP contribution < -0.4 is 5.32 Å². The summed E-state index contributed by atoms with van der Waals surface area (Å²) in [5.41, 5.74) is 2.02. The third-order valence-corrected chi connectivity index (χ3v) is 4.74. The fourth-order valence-electron chi connectivity index (χ4n) is 3.54. The van der Waals surface area contributed by atoms with E-state index in [0.29, 0.717) is 6.42 Å². The molecule has 2 aromatic carbocycles. The van der Waals surface area contributed by atoms with Crippen LogP contribution in [0.4, 0.5) is 5.69 Å². The van der Waals surface area contributed by atoms with Gasteiger partial charge in [-0.15, -0.1) is 0 Å². The lowest BCUT2D eigenvalue weighted by Crippen LogP contribution is -2.46. The maximum atomic E-state index is 12.5. The van der Waals surface area contributed by atoms with E-state index >= 15 is 0 Å². The summed E-state index contributed by atoms with van der Waals surface area (Å²) in [6.07, 6.45) is 1.35. The molecule has 4 nitrogen and oxygen atoms in total. The van der Waals surface area contributed by atoms with E-state index < -0.39 is 0 Å². The maximum Gasteiger partial charge on any atom is 0.223 e. The second-order valence-electron chi connectivity index (χ2n) is 6.32. The standard InChI is InChI=1S/C20H24N2O2/c1-15(21-17-10-6-3-7-11-17)18-12-13-20(24)22(18)19(14-23)16-8-4-2-5-9-16/h2-11,15,18-19,21,23H,12-14H2,1H3/t15-,18+,19-/m0/s1. The van der Waals surface area contributed by atoms with E-state index in [1.165, 1.54) is 0 Å². The number of carbonyl (C=O) groups is 1. The first-order valence-electron chi connectivity index (χ1n) is 8.49. The van der Waals surface area contributed by atoms with Crippen molar-refractivity contribution in [2.24, 2.45) is 0 Å². The normalized spacial score (nSPS) is 20.0. The van der Waals surface area contributed by atoms with E-state index in [1.807, 2.05) is 65.6 Å². The molecular formula is C20H24N2O2. The number of aliphatic hydroxyl groups is 1. The van der Waals surface area contributed by atoms with Gasteiger partial charge in [0, 0.05) is 18.2 Å². The first kappa shape index (κ1) is 16.5. The molecule has 0 spiro atoms. The molecule has 1 saturated heterocycles. The van der Waals surface area contributed by atoms with Crippen LogP contribution in [0.3, 0.4) is 0 Å². The lowest BCUT2D eigenvalue weighted by Gasteiger charge is -2.36. The van der Waals surface area contributed by atoms with Gasteiger partial charge >= 0.3 is 0 Å². The Labute approximate surface area is 143 Å². The van der Waals surface area contributed by atoms with Gasteiger partial charge in [0.05, 0.1) is 18.7 Å².